The Labute approximate surface area is 184 Å². The maximum absolute atomic E-state index is 12.7. The summed E-state index contributed by atoms with van der Waals surface area (Å²) in [7, 11) is -0.383. The Bertz CT molecular complexity index is 1020. The van der Waals surface area contributed by atoms with Gasteiger partial charge in [0, 0.05) is 30.1 Å². The minimum absolute atomic E-state index is 0.0313. The molecule has 0 aliphatic heterocycles. The molecular weight excluding hydrogens is 416 g/mol. The second-order valence-corrected chi connectivity index (χ2v) is 8.68. The fraction of sp³-hybridized carbons (Fsp3) is 0.333. The summed E-state index contributed by atoms with van der Waals surface area (Å²) in [5.41, 5.74) is 10.5. The van der Waals surface area contributed by atoms with Gasteiger partial charge in [-0.1, -0.05) is 12.1 Å². The van der Waals surface area contributed by atoms with Crippen LogP contribution in [0.2, 0.25) is 0 Å². The summed E-state index contributed by atoms with van der Waals surface area (Å²) < 4.78 is 20.0. The standard InChI is InChI=1S/C21H28N6O3S/c1-13(2)27(23)12-18(22)31(29)26-21(28)25-20-16-6-4-5-14(16)7-8-17(20)15-9-10-24-19(11-15)30-3/h7-13H,4-6,22-23H2,1-3H3,(H2,25,26,28)/b18-12+. The minimum atomic E-state index is -1.93. The van der Waals surface area contributed by atoms with E-state index in [9.17, 15) is 9.00 Å². The van der Waals surface area contributed by atoms with Crippen LogP contribution in [0.3, 0.4) is 0 Å². The number of hydrazine groups is 1. The maximum Gasteiger partial charge on any atom is 0.331 e. The average molecular weight is 445 g/mol. The molecule has 6 N–H and O–H groups in total. The fourth-order valence-electron chi connectivity index (χ4n) is 3.36. The topological polar surface area (TPSA) is 136 Å². The van der Waals surface area contributed by atoms with Crippen LogP contribution in [0.1, 0.15) is 31.4 Å². The number of fused-ring (bicyclic) bond motifs is 1. The van der Waals surface area contributed by atoms with E-state index in [0.29, 0.717) is 11.6 Å². The third kappa shape index (κ3) is 5.33. The molecule has 0 saturated carbocycles. The van der Waals surface area contributed by atoms with Crippen LogP contribution in [-0.2, 0) is 23.8 Å². The number of urea groups is 1. The Kier molecular flexibility index (Phi) is 7.13. The number of anilines is 1. The van der Waals surface area contributed by atoms with E-state index in [1.54, 1.807) is 19.4 Å². The molecule has 9 nitrogen and oxygen atoms in total. The zero-order chi connectivity index (χ0) is 22.5. The molecule has 0 bridgehead atoms. The lowest BCUT2D eigenvalue weighted by Gasteiger charge is -2.19. The quantitative estimate of drug-likeness (QED) is 0.380. The van der Waals surface area contributed by atoms with Crippen molar-refractivity contribution < 1.29 is 13.7 Å². The van der Waals surface area contributed by atoms with Crippen molar-refractivity contribution in [1.29, 1.82) is 0 Å². The lowest BCUT2D eigenvalue weighted by atomic mass is 9.98. The summed E-state index contributed by atoms with van der Waals surface area (Å²) >= 11 is 0. The van der Waals surface area contributed by atoms with Gasteiger partial charge in [0.2, 0.25) is 5.88 Å². The number of carbonyl (C=O) groups excluding carboxylic acids is 1. The highest BCUT2D eigenvalue weighted by molar-refractivity contribution is 7.87. The highest BCUT2D eigenvalue weighted by atomic mass is 32.2. The van der Waals surface area contributed by atoms with Gasteiger partial charge in [-0.05, 0) is 55.9 Å². The van der Waals surface area contributed by atoms with Crippen molar-refractivity contribution in [2.45, 2.75) is 39.2 Å². The van der Waals surface area contributed by atoms with Crippen molar-refractivity contribution >= 4 is 22.7 Å². The Morgan fingerprint density at radius 1 is 1.32 bits per heavy atom. The number of carbonyl (C=O) groups is 1. The molecule has 1 aromatic carbocycles. The van der Waals surface area contributed by atoms with E-state index in [0.717, 1.165) is 36.0 Å². The molecule has 1 aliphatic carbocycles. The molecule has 3 rings (SSSR count). The van der Waals surface area contributed by atoms with Gasteiger partial charge < -0.3 is 20.8 Å². The van der Waals surface area contributed by atoms with E-state index in [4.69, 9.17) is 16.3 Å². The van der Waals surface area contributed by atoms with Crippen LogP contribution >= 0.6 is 0 Å². The number of benzene rings is 1. The second-order valence-electron chi connectivity index (χ2n) is 7.46. The van der Waals surface area contributed by atoms with Crippen LogP contribution in [0.4, 0.5) is 10.5 Å². The van der Waals surface area contributed by atoms with Gasteiger partial charge in [0.25, 0.3) is 0 Å². The summed E-state index contributed by atoms with van der Waals surface area (Å²) in [4.78, 5) is 16.8. The van der Waals surface area contributed by atoms with Gasteiger partial charge in [0.15, 0.2) is 11.0 Å². The number of pyridine rings is 1. The van der Waals surface area contributed by atoms with Crippen LogP contribution in [0, 0.1) is 0 Å². The fourth-order valence-corrected chi connectivity index (χ4v) is 3.92. The van der Waals surface area contributed by atoms with Gasteiger partial charge >= 0.3 is 6.03 Å². The summed E-state index contributed by atoms with van der Waals surface area (Å²) in [6.07, 6.45) is 5.81. The SMILES string of the molecule is COc1cc(-c2ccc3c(c2NC(=O)NS(=O)/C(N)=C/N(N)C(C)C)CCC3)ccn1. The minimum Gasteiger partial charge on any atom is -0.481 e. The number of methoxy groups -OCH3 is 1. The number of aromatic nitrogens is 1. The first-order valence-corrected chi connectivity index (χ1v) is 11.1. The molecule has 1 atom stereocenters. The lowest BCUT2D eigenvalue weighted by molar-refractivity contribution is 0.257. The number of ether oxygens (including phenoxy) is 1. The summed E-state index contributed by atoms with van der Waals surface area (Å²) in [6.45, 7) is 3.72. The van der Waals surface area contributed by atoms with E-state index < -0.39 is 17.0 Å². The molecule has 0 saturated heterocycles. The monoisotopic (exact) mass is 444 g/mol. The van der Waals surface area contributed by atoms with Crippen LogP contribution in [0.5, 0.6) is 5.88 Å². The number of amides is 2. The van der Waals surface area contributed by atoms with Crippen molar-refractivity contribution in [3.63, 3.8) is 0 Å². The Morgan fingerprint density at radius 2 is 2.10 bits per heavy atom. The molecule has 1 aromatic heterocycles. The first-order chi connectivity index (χ1) is 14.8. The highest BCUT2D eigenvalue weighted by Crippen LogP contribution is 2.38. The van der Waals surface area contributed by atoms with Crippen molar-refractivity contribution in [2.24, 2.45) is 11.6 Å². The van der Waals surface area contributed by atoms with E-state index in [1.165, 1.54) is 16.8 Å². The lowest BCUT2D eigenvalue weighted by Crippen LogP contribution is -2.37. The number of aryl methyl sites for hydroxylation is 1. The first-order valence-electron chi connectivity index (χ1n) is 9.95. The molecular formula is C21H28N6O3S. The Hall–Kier alpha value is -3.11. The largest absolute Gasteiger partial charge is 0.481 e. The highest BCUT2D eigenvalue weighted by Gasteiger charge is 2.21. The molecule has 166 valence electrons. The van der Waals surface area contributed by atoms with Gasteiger partial charge in [-0.15, -0.1) is 0 Å². The van der Waals surface area contributed by atoms with Crippen LogP contribution < -0.4 is 26.4 Å². The molecule has 1 aliphatic rings. The summed E-state index contributed by atoms with van der Waals surface area (Å²) in [5, 5.41) is 4.15. The molecule has 2 aromatic rings. The smallest absolute Gasteiger partial charge is 0.331 e. The van der Waals surface area contributed by atoms with Crippen LogP contribution in [0.15, 0.2) is 41.7 Å². The number of nitrogens with two attached hydrogens (primary N) is 2. The van der Waals surface area contributed by atoms with Gasteiger partial charge in [-0.3, -0.25) is 4.72 Å². The van der Waals surface area contributed by atoms with Crippen LogP contribution in [-0.4, -0.2) is 33.4 Å². The molecule has 1 unspecified atom stereocenters. The maximum atomic E-state index is 12.7. The van der Waals surface area contributed by atoms with Gasteiger partial charge in [0.05, 0.1) is 12.8 Å². The first kappa shape index (κ1) is 22.6. The number of hydrogen-bond acceptors (Lipinski definition) is 7. The average Bonchev–Trinajstić information content (AvgIpc) is 3.23. The molecule has 0 fully saturated rings. The molecule has 2 amide bonds. The van der Waals surface area contributed by atoms with Crippen molar-refractivity contribution in [2.75, 3.05) is 12.4 Å². The number of nitrogens with zero attached hydrogens (tertiary/aromatic N) is 2. The molecule has 31 heavy (non-hydrogen) atoms. The normalized spacial score (nSPS) is 14.2. The molecule has 10 heteroatoms. The number of rotatable bonds is 7. The number of nitrogens with one attached hydrogen (secondary N) is 2. The third-order valence-corrected chi connectivity index (χ3v) is 5.95. The van der Waals surface area contributed by atoms with E-state index in [1.807, 2.05) is 26.0 Å². The molecule has 0 radical (unpaired) electrons. The Balaban J connectivity index is 1.86. The second kappa shape index (κ2) is 9.80. The van der Waals surface area contributed by atoms with Crippen molar-refractivity contribution in [3.05, 3.63) is 52.8 Å². The van der Waals surface area contributed by atoms with Crippen molar-refractivity contribution in [3.8, 4) is 17.0 Å². The van der Waals surface area contributed by atoms with Crippen LogP contribution in [0.25, 0.3) is 11.1 Å². The molecule has 0 spiro atoms. The number of hydrogen-bond donors (Lipinski definition) is 4. The molecule has 1 heterocycles. The Morgan fingerprint density at radius 3 is 2.81 bits per heavy atom. The van der Waals surface area contributed by atoms with Crippen molar-refractivity contribution in [1.82, 2.24) is 14.7 Å². The van der Waals surface area contributed by atoms with E-state index >= 15 is 0 Å². The van der Waals surface area contributed by atoms with E-state index in [2.05, 4.69) is 21.1 Å². The van der Waals surface area contributed by atoms with Gasteiger partial charge in [-0.25, -0.2) is 19.8 Å². The van der Waals surface area contributed by atoms with Gasteiger partial charge in [-0.2, -0.15) is 0 Å². The predicted octanol–water partition coefficient (Wildman–Crippen LogP) is 2.37. The summed E-state index contributed by atoms with van der Waals surface area (Å²) in [6, 6.07) is 7.05. The summed E-state index contributed by atoms with van der Waals surface area (Å²) in [5.74, 6) is 6.25. The third-order valence-electron chi connectivity index (χ3n) is 5.05. The van der Waals surface area contributed by atoms with E-state index in [-0.39, 0.29) is 11.1 Å². The zero-order valence-electron chi connectivity index (χ0n) is 17.8. The predicted molar refractivity (Wildman–Crippen MR) is 122 cm³/mol. The van der Waals surface area contributed by atoms with Gasteiger partial charge in [0.1, 0.15) is 5.03 Å². The zero-order valence-corrected chi connectivity index (χ0v) is 18.7.